The van der Waals surface area contributed by atoms with Gasteiger partial charge in [0.05, 0.1) is 0 Å². The average molecular weight is 248 g/mol. The Labute approximate surface area is 104 Å². The highest BCUT2D eigenvalue weighted by atomic mass is 32.2. The van der Waals surface area contributed by atoms with Gasteiger partial charge in [-0.3, -0.25) is 4.79 Å². The molecule has 3 heteroatoms. The first-order valence-electron chi connectivity index (χ1n) is 5.07. The molecule has 1 nitrogen and oxygen atoms in total. The number of aldehydes is 1. The first kappa shape index (κ1) is 11.4. The number of rotatable bonds is 5. The first-order chi connectivity index (χ1) is 7.88. The molecule has 0 atom stereocenters. The van der Waals surface area contributed by atoms with E-state index in [9.17, 15) is 4.79 Å². The van der Waals surface area contributed by atoms with Crippen molar-refractivity contribution in [3.8, 4) is 0 Å². The van der Waals surface area contributed by atoms with Crippen LogP contribution in [0, 0.1) is 0 Å². The first-order valence-corrected chi connectivity index (χ1v) is 7.00. The highest BCUT2D eigenvalue weighted by Gasteiger charge is 1.97. The fourth-order valence-electron chi connectivity index (χ4n) is 1.40. The largest absolute Gasteiger partial charge is 0.298 e. The molecule has 1 aromatic carbocycles. The van der Waals surface area contributed by atoms with E-state index in [4.69, 9.17) is 0 Å². The van der Waals surface area contributed by atoms with Crippen LogP contribution < -0.4 is 0 Å². The topological polar surface area (TPSA) is 17.1 Å². The summed E-state index contributed by atoms with van der Waals surface area (Å²) in [5.74, 6) is 1.05. The third-order valence-electron chi connectivity index (χ3n) is 2.23. The molecule has 0 bridgehead atoms. The van der Waals surface area contributed by atoms with Crippen LogP contribution in [0.25, 0.3) is 0 Å². The molecule has 2 aromatic rings. The van der Waals surface area contributed by atoms with Gasteiger partial charge in [-0.05, 0) is 40.9 Å². The summed E-state index contributed by atoms with van der Waals surface area (Å²) >= 11 is 3.53. The molecule has 0 aliphatic heterocycles. The lowest BCUT2D eigenvalue weighted by Crippen LogP contribution is -1.86. The predicted molar refractivity (Wildman–Crippen MR) is 70.6 cm³/mol. The van der Waals surface area contributed by atoms with Gasteiger partial charge in [0.1, 0.15) is 6.29 Å². The number of hydrogen-bond acceptors (Lipinski definition) is 3. The van der Waals surface area contributed by atoms with Crippen LogP contribution in [0.4, 0.5) is 0 Å². The summed E-state index contributed by atoms with van der Waals surface area (Å²) in [5.41, 5.74) is 2.14. The minimum Gasteiger partial charge on any atom is -0.298 e. The fourth-order valence-corrected chi connectivity index (χ4v) is 3.07. The summed E-state index contributed by atoms with van der Waals surface area (Å²) in [7, 11) is 0. The maximum absolute atomic E-state index is 10.6. The average Bonchev–Trinajstić information content (AvgIpc) is 2.82. The molecule has 2 rings (SSSR count). The van der Waals surface area contributed by atoms with Crippen LogP contribution in [-0.2, 0) is 6.42 Å². The zero-order chi connectivity index (χ0) is 11.2. The molecular weight excluding hydrogens is 236 g/mol. The van der Waals surface area contributed by atoms with Crippen molar-refractivity contribution in [1.29, 1.82) is 0 Å². The van der Waals surface area contributed by atoms with Crippen molar-refractivity contribution >= 4 is 29.4 Å². The van der Waals surface area contributed by atoms with E-state index in [2.05, 4.69) is 16.8 Å². The Morgan fingerprint density at radius 1 is 1.31 bits per heavy atom. The molecule has 0 aliphatic rings. The second-order valence-corrected chi connectivity index (χ2v) is 5.37. The van der Waals surface area contributed by atoms with Gasteiger partial charge in [-0.2, -0.15) is 11.3 Å². The number of benzene rings is 1. The number of hydrogen-bond donors (Lipinski definition) is 0. The molecule has 0 amide bonds. The second kappa shape index (κ2) is 5.87. The second-order valence-electron chi connectivity index (χ2n) is 3.42. The number of thiophene rings is 1. The minimum atomic E-state index is 0.750. The van der Waals surface area contributed by atoms with E-state index < -0.39 is 0 Å². The molecule has 0 saturated carbocycles. The van der Waals surface area contributed by atoms with Crippen molar-refractivity contribution < 1.29 is 4.79 Å². The van der Waals surface area contributed by atoms with Crippen LogP contribution in [0.15, 0.2) is 46.0 Å². The summed E-state index contributed by atoms with van der Waals surface area (Å²) in [6.45, 7) is 0. The van der Waals surface area contributed by atoms with Gasteiger partial charge in [0.25, 0.3) is 0 Å². The third kappa shape index (κ3) is 3.22. The lowest BCUT2D eigenvalue weighted by atomic mass is 10.2. The Bertz CT molecular complexity index is 449. The quantitative estimate of drug-likeness (QED) is 0.590. The van der Waals surface area contributed by atoms with E-state index in [0.29, 0.717) is 0 Å². The van der Waals surface area contributed by atoms with E-state index >= 15 is 0 Å². The fraction of sp³-hybridized carbons (Fsp3) is 0.154. The Morgan fingerprint density at radius 3 is 3.00 bits per heavy atom. The number of carbonyl (C=O) groups excluding carboxylic acids is 1. The Balaban J connectivity index is 1.87. The van der Waals surface area contributed by atoms with Gasteiger partial charge in [-0.25, -0.2) is 0 Å². The van der Waals surface area contributed by atoms with Crippen molar-refractivity contribution in [2.75, 3.05) is 5.75 Å². The Morgan fingerprint density at radius 2 is 2.25 bits per heavy atom. The summed E-state index contributed by atoms with van der Waals surface area (Å²) in [6.07, 6.45) is 1.97. The smallest absolute Gasteiger partial charge is 0.150 e. The number of thioether (sulfide) groups is 1. The molecule has 0 spiro atoms. The van der Waals surface area contributed by atoms with E-state index in [1.807, 2.05) is 24.3 Å². The van der Waals surface area contributed by atoms with E-state index in [0.717, 1.165) is 24.0 Å². The van der Waals surface area contributed by atoms with Crippen molar-refractivity contribution in [2.24, 2.45) is 0 Å². The van der Waals surface area contributed by atoms with Gasteiger partial charge in [0, 0.05) is 16.2 Å². The van der Waals surface area contributed by atoms with Gasteiger partial charge in [0.2, 0.25) is 0 Å². The molecule has 82 valence electrons. The van der Waals surface area contributed by atoms with Crippen molar-refractivity contribution in [2.45, 2.75) is 11.3 Å². The van der Waals surface area contributed by atoms with Gasteiger partial charge in [-0.15, -0.1) is 11.8 Å². The molecule has 0 fully saturated rings. The molecule has 1 aromatic heterocycles. The van der Waals surface area contributed by atoms with Crippen LogP contribution in [0.5, 0.6) is 0 Å². The Kier molecular flexibility index (Phi) is 4.19. The van der Waals surface area contributed by atoms with Crippen LogP contribution in [0.1, 0.15) is 15.9 Å². The van der Waals surface area contributed by atoms with Crippen molar-refractivity contribution in [3.05, 3.63) is 52.2 Å². The Hall–Kier alpha value is -1.06. The molecule has 16 heavy (non-hydrogen) atoms. The van der Waals surface area contributed by atoms with Gasteiger partial charge >= 0.3 is 0 Å². The maximum atomic E-state index is 10.6. The van der Waals surface area contributed by atoms with Crippen LogP contribution >= 0.6 is 23.1 Å². The zero-order valence-corrected chi connectivity index (χ0v) is 10.4. The van der Waals surface area contributed by atoms with Gasteiger partial charge in [0.15, 0.2) is 0 Å². The number of carbonyl (C=O) groups is 1. The van der Waals surface area contributed by atoms with Crippen molar-refractivity contribution in [1.82, 2.24) is 0 Å². The highest BCUT2D eigenvalue weighted by molar-refractivity contribution is 7.99. The molecular formula is C13H12OS2. The van der Waals surface area contributed by atoms with Crippen LogP contribution in [0.2, 0.25) is 0 Å². The molecule has 0 saturated heterocycles. The maximum Gasteiger partial charge on any atom is 0.150 e. The molecule has 0 unspecified atom stereocenters. The molecule has 0 N–H and O–H groups in total. The predicted octanol–water partition coefficient (Wildman–Crippen LogP) is 3.90. The molecule has 1 heterocycles. The summed E-state index contributed by atoms with van der Waals surface area (Å²) in [6, 6.07) is 9.90. The highest BCUT2D eigenvalue weighted by Crippen LogP contribution is 2.20. The zero-order valence-electron chi connectivity index (χ0n) is 8.76. The summed E-state index contributed by atoms with van der Waals surface area (Å²) < 4.78 is 0. The molecule has 0 aliphatic carbocycles. The summed E-state index contributed by atoms with van der Waals surface area (Å²) in [5, 5.41) is 4.29. The van der Waals surface area contributed by atoms with E-state index in [-0.39, 0.29) is 0 Å². The monoisotopic (exact) mass is 248 g/mol. The summed E-state index contributed by atoms with van der Waals surface area (Å²) in [4.78, 5) is 11.8. The lowest BCUT2D eigenvalue weighted by Gasteiger charge is -2.01. The SMILES string of the molecule is O=Cc1cccc(SCCc2ccsc2)c1. The third-order valence-corrected chi connectivity index (χ3v) is 3.96. The van der Waals surface area contributed by atoms with E-state index in [1.54, 1.807) is 23.1 Å². The molecule has 0 radical (unpaired) electrons. The van der Waals surface area contributed by atoms with Crippen LogP contribution in [0.3, 0.4) is 0 Å². The van der Waals surface area contributed by atoms with Crippen LogP contribution in [-0.4, -0.2) is 12.0 Å². The van der Waals surface area contributed by atoms with Crippen molar-refractivity contribution in [3.63, 3.8) is 0 Å². The standard InChI is InChI=1S/C13H12OS2/c14-9-12-2-1-3-13(8-12)16-7-5-11-4-6-15-10-11/h1-4,6,8-10H,5,7H2. The van der Waals surface area contributed by atoms with E-state index in [1.165, 1.54) is 10.5 Å². The normalized spacial score (nSPS) is 10.2. The lowest BCUT2D eigenvalue weighted by molar-refractivity contribution is 0.112. The minimum absolute atomic E-state index is 0.750. The van der Waals surface area contributed by atoms with Gasteiger partial charge < -0.3 is 0 Å². The van der Waals surface area contributed by atoms with Gasteiger partial charge in [-0.1, -0.05) is 12.1 Å². The number of aryl methyl sites for hydroxylation is 1.